The van der Waals surface area contributed by atoms with Crippen molar-refractivity contribution >= 4 is 0 Å². The molecule has 0 aromatic rings. The average molecular weight is 126 g/mol. The number of hydrogen-bond donors (Lipinski definition) is 2. The summed E-state index contributed by atoms with van der Waals surface area (Å²) in [5.74, 6) is 0. The van der Waals surface area contributed by atoms with Crippen LogP contribution in [0.2, 0.25) is 0 Å². The van der Waals surface area contributed by atoms with Gasteiger partial charge >= 0.3 is 0 Å². The molecule has 1 aliphatic rings. The third-order valence-electron chi connectivity index (χ3n) is 0.795. The average Bonchev–Trinajstić information content (AvgIpc) is 1.94. The molecule has 0 aliphatic carbocycles. The lowest BCUT2D eigenvalue weighted by Gasteiger charge is -2.07. The Kier molecular flexibility index (Phi) is 4.69. The molecular formula is C7H14N2. The molecule has 0 bridgehead atoms. The van der Waals surface area contributed by atoms with E-state index in [9.17, 15) is 0 Å². The fourth-order valence-electron chi connectivity index (χ4n) is 0.438. The first-order valence-electron chi connectivity index (χ1n) is 3.24. The van der Waals surface area contributed by atoms with E-state index in [1.165, 1.54) is 0 Å². The van der Waals surface area contributed by atoms with Crippen molar-refractivity contribution in [1.82, 2.24) is 10.9 Å². The van der Waals surface area contributed by atoms with Crippen molar-refractivity contribution in [2.75, 3.05) is 0 Å². The second-order valence-electron chi connectivity index (χ2n) is 1.48. The molecule has 0 aromatic carbocycles. The van der Waals surface area contributed by atoms with E-state index in [0.29, 0.717) is 0 Å². The molecule has 0 fully saturated rings. The van der Waals surface area contributed by atoms with Gasteiger partial charge in [-0.15, -0.1) is 0 Å². The van der Waals surface area contributed by atoms with Crippen molar-refractivity contribution in [1.29, 1.82) is 0 Å². The van der Waals surface area contributed by atoms with Gasteiger partial charge in [0.05, 0.1) is 0 Å². The SMILES string of the molecule is CC.CC1=CC=CNN1. The summed E-state index contributed by atoms with van der Waals surface area (Å²) in [6, 6.07) is 0. The van der Waals surface area contributed by atoms with Gasteiger partial charge in [0, 0.05) is 11.9 Å². The summed E-state index contributed by atoms with van der Waals surface area (Å²) in [7, 11) is 0. The molecule has 1 heterocycles. The van der Waals surface area contributed by atoms with Crippen LogP contribution in [0.15, 0.2) is 24.0 Å². The Morgan fingerprint density at radius 3 is 2.22 bits per heavy atom. The second kappa shape index (κ2) is 5.22. The van der Waals surface area contributed by atoms with E-state index in [-0.39, 0.29) is 0 Å². The zero-order chi connectivity index (χ0) is 7.11. The molecule has 0 radical (unpaired) electrons. The van der Waals surface area contributed by atoms with Crippen molar-refractivity contribution in [2.45, 2.75) is 20.8 Å². The normalized spacial score (nSPS) is 13.9. The van der Waals surface area contributed by atoms with Crippen molar-refractivity contribution in [3.63, 3.8) is 0 Å². The first kappa shape index (κ1) is 8.08. The van der Waals surface area contributed by atoms with Crippen LogP contribution in [0.4, 0.5) is 0 Å². The van der Waals surface area contributed by atoms with Gasteiger partial charge in [0.2, 0.25) is 0 Å². The van der Waals surface area contributed by atoms with Gasteiger partial charge < -0.3 is 10.9 Å². The van der Waals surface area contributed by atoms with Crippen molar-refractivity contribution in [3.05, 3.63) is 24.0 Å². The molecule has 9 heavy (non-hydrogen) atoms. The van der Waals surface area contributed by atoms with Crippen molar-refractivity contribution < 1.29 is 0 Å². The zero-order valence-electron chi connectivity index (χ0n) is 6.23. The molecular weight excluding hydrogens is 112 g/mol. The summed E-state index contributed by atoms with van der Waals surface area (Å²) >= 11 is 0. The minimum Gasteiger partial charge on any atom is -0.309 e. The number of allylic oxidation sites excluding steroid dienone is 3. The lowest BCUT2D eigenvalue weighted by Crippen LogP contribution is -2.26. The van der Waals surface area contributed by atoms with Crippen LogP contribution >= 0.6 is 0 Å². The lowest BCUT2D eigenvalue weighted by atomic mass is 10.4. The highest BCUT2D eigenvalue weighted by atomic mass is 15.3. The monoisotopic (exact) mass is 126 g/mol. The summed E-state index contributed by atoms with van der Waals surface area (Å²) < 4.78 is 0. The Hall–Kier alpha value is -0.920. The number of rotatable bonds is 0. The third-order valence-corrected chi connectivity index (χ3v) is 0.795. The van der Waals surface area contributed by atoms with Crippen molar-refractivity contribution in [3.8, 4) is 0 Å². The standard InChI is InChI=1S/C5H8N2.C2H6/c1-5-3-2-4-6-7-5;1-2/h2-4,6-7H,1H3;1-2H3. The molecule has 1 rings (SSSR count). The Balaban J connectivity index is 0.000000291. The molecule has 52 valence electrons. The van der Waals surface area contributed by atoms with E-state index in [0.717, 1.165) is 5.70 Å². The van der Waals surface area contributed by atoms with E-state index in [4.69, 9.17) is 0 Å². The molecule has 0 spiro atoms. The van der Waals surface area contributed by atoms with Crippen LogP contribution in [-0.2, 0) is 0 Å². The van der Waals surface area contributed by atoms with E-state index in [1.54, 1.807) is 0 Å². The lowest BCUT2D eigenvalue weighted by molar-refractivity contribution is 0.719. The first-order chi connectivity index (χ1) is 4.39. The summed E-state index contributed by atoms with van der Waals surface area (Å²) in [6.45, 7) is 6.00. The van der Waals surface area contributed by atoms with E-state index >= 15 is 0 Å². The first-order valence-corrected chi connectivity index (χ1v) is 3.24. The molecule has 0 aromatic heterocycles. The Morgan fingerprint density at radius 2 is 2.00 bits per heavy atom. The largest absolute Gasteiger partial charge is 0.309 e. The van der Waals surface area contributed by atoms with E-state index in [1.807, 2.05) is 39.1 Å². The van der Waals surface area contributed by atoms with E-state index in [2.05, 4.69) is 10.9 Å². The third kappa shape index (κ3) is 3.64. The summed E-state index contributed by atoms with van der Waals surface area (Å²) in [6.07, 6.45) is 5.79. The highest BCUT2D eigenvalue weighted by molar-refractivity contribution is 5.11. The number of hydrazine groups is 1. The molecule has 0 saturated heterocycles. The predicted molar refractivity (Wildman–Crippen MR) is 40.5 cm³/mol. The highest BCUT2D eigenvalue weighted by Gasteiger charge is 1.83. The van der Waals surface area contributed by atoms with Gasteiger partial charge in [-0.1, -0.05) is 13.8 Å². The van der Waals surface area contributed by atoms with Crippen LogP contribution < -0.4 is 10.9 Å². The molecule has 2 nitrogen and oxygen atoms in total. The maximum atomic E-state index is 2.91. The van der Waals surface area contributed by atoms with Crippen LogP contribution in [-0.4, -0.2) is 0 Å². The summed E-state index contributed by atoms with van der Waals surface area (Å²) in [5.41, 5.74) is 6.88. The van der Waals surface area contributed by atoms with Gasteiger partial charge in [-0.2, -0.15) is 0 Å². The van der Waals surface area contributed by atoms with Gasteiger partial charge in [-0.05, 0) is 19.1 Å². The minimum absolute atomic E-state index is 1.14. The fraction of sp³-hybridized carbons (Fsp3) is 0.429. The molecule has 2 N–H and O–H groups in total. The Labute approximate surface area is 56.6 Å². The summed E-state index contributed by atoms with van der Waals surface area (Å²) in [4.78, 5) is 0. The fourth-order valence-corrected chi connectivity index (χ4v) is 0.438. The minimum atomic E-state index is 1.14. The molecule has 0 amide bonds. The predicted octanol–water partition coefficient (Wildman–Crippen LogP) is 1.54. The molecule has 2 heteroatoms. The van der Waals surface area contributed by atoms with Gasteiger partial charge in [0.1, 0.15) is 0 Å². The van der Waals surface area contributed by atoms with Gasteiger partial charge in [0.15, 0.2) is 0 Å². The molecule has 0 saturated carbocycles. The number of hydrogen-bond acceptors (Lipinski definition) is 2. The van der Waals surface area contributed by atoms with Gasteiger partial charge in [-0.3, -0.25) is 0 Å². The smallest absolute Gasteiger partial charge is 0.0283 e. The zero-order valence-corrected chi connectivity index (χ0v) is 6.23. The molecule has 0 atom stereocenters. The molecule has 1 aliphatic heterocycles. The van der Waals surface area contributed by atoms with E-state index < -0.39 is 0 Å². The quantitative estimate of drug-likeness (QED) is 0.514. The Bertz CT molecular complexity index is 114. The van der Waals surface area contributed by atoms with Gasteiger partial charge in [0.25, 0.3) is 0 Å². The Morgan fingerprint density at radius 1 is 1.33 bits per heavy atom. The topological polar surface area (TPSA) is 24.1 Å². The van der Waals surface area contributed by atoms with Crippen LogP contribution in [0.25, 0.3) is 0 Å². The van der Waals surface area contributed by atoms with Crippen LogP contribution in [0, 0.1) is 0 Å². The summed E-state index contributed by atoms with van der Waals surface area (Å²) in [5, 5.41) is 0. The number of nitrogens with one attached hydrogen (secondary N) is 2. The van der Waals surface area contributed by atoms with Gasteiger partial charge in [-0.25, -0.2) is 0 Å². The molecule has 0 unspecified atom stereocenters. The maximum absolute atomic E-state index is 2.91. The second-order valence-corrected chi connectivity index (χ2v) is 1.48. The highest BCUT2D eigenvalue weighted by Crippen LogP contribution is 1.87. The van der Waals surface area contributed by atoms with Crippen LogP contribution in [0.1, 0.15) is 20.8 Å². The van der Waals surface area contributed by atoms with Crippen LogP contribution in [0.5, 0.6) is 0 Å². The maximum Gasteiger partial charge on any atom is 0.0283 e. The van der Waals surface area contributed by atoms with Crippen molar-refractivity contribution in [2.24, 2.45) is 0 Å². The van der Waals surface area contributed by atoms with Crippen LogP contribution in [0.3, 0.4) is 0 Å².